The van der Waals surface area contributed by atoms with Crippen molar-refractivity contribution in [1.29, 1.82) is 0 Å². The van der Waals surface area contributed by atoms with E-state index < -0.39 is 0 Å². The lowest BCUT2D eigenvalue weighted by atomic mass is 10.0. The maximum absolute atomic E-state index is 6.14. The SMILES string of the molecule is CCC(Cl)(C=CCCl)CC. The molecule has 0 heterocycles. The molecule has 10 heavy (non-hydrogen) atoms. The van der Waals surface area contributed by atoms with Crippen LogP contribution in [-0.2, 0) is 0 Å². The lowest BCUT2D eigenvalue weighted by Gasteiger charge is -2.18. The zero-order valence-electron chi connectivity index (χ0n) is 6.53. The molecule has 0 aliphatic carbocycles. The van der Waals surface area contributed by atoms with Crippen LogP contribution in [0.2, 0.25) is 0 Å². The number of halogens is 2. The molecular formula is C8H14Cl2. The van der Waals surface area contributed by atoms with Crippen LogP contribution in [0.25, 0.3) is 0 Å². The number of allylic oxidation sites excluding steroid dienone is 2. The molecule has 60 valence electrons. The van der Waals surface area contributed by atoms with E-state index in [1.807, 2.05) is 12.2 Å². The Bertz CT molecular complexity index is 104. The summed E-state index contributed by atoms with van der Waals surface area (Å²) in [5.74, 6) is 0.550. The minimum atomic E-state index is -0.158. The third-order valence-corrected chi connectivity index (χ3v) is 2.52. The van der Waals surface area contributed by atoms with E-state index >= 15 is 0 Å². The molecule has 2 heteroatoms. The molecule has 0 unspecified atom stereocenters. The monoisotopic (exact) mass is 180 g/mol. The molecule has 0 fully saturated rings. The van der Waals surface area contributed by atoms with Crippen LogP contribution in [0, 0.1) is 0 Å². The van der Waals surface area contributed by atoms with Gasteiger partial charge in [-0.1, -0.05) is 26.0 Å². The van der Waals surface area contributed by atoms with Crippen molar-refractivity contribution in [3.05, 3.63) is 12.2 Å². The van der Waals surface area contributed by atoms with Gasteiger partial charge in [-0.05, 0) is 12.8 Å². The topological polar surface area (TPSA) is 0 Å². The van der Waals surface area contributed by atoms with Gasteiger partial charge in [-0.3, -0.25) is 0 Å². The number of hydrogen-bond donors (Lipinski definition) is 0. The van der Waals surface area contributed by atoms with Crippen LogP contribution in [0.5, 0.6) is 0 Å². The van der Waals surface area contributed by atoms with Gasteiger partial charge in [0.1, 0.15) is 0 Å². The van der Waals surface area contributed by atoms with Crippen molar-refractivity contribution in [3.8, 4) is 0 Å². The van der Waals surface area contributed by atoms with E-state index in [0.717, 1.165) is 12.8 Å². The van der Waals surface area contributed by atoms with Gasteiger partial charge in [-0.15, -0.1) is 23.2 Å². The number of alkyl halides is 2. The van der Waals surface area contributed by atoms with Crippen molar-refractivity contribution in [2.45, 2.75) is 31.6 Å². The molecule has 0 N–H and O–H groups in total. The van der Waals surface area contributed by atoms with Gasteiger partial charge in [0.2, 0.25) is 0 Å². The third kappa shape index (κ3) is 3.48. The Balaban J connectivity index is 3.92. The third-order valence-electron chi connectivity index (χ3n) is 1.68. The largest absolute Gasteiger partial charge is 0.122 e. The fourth-order valence-corrected chi connectivity index (χ4v) is 0.920. The summed E-state index contributed by atoms with van der Waals surface area (Å²) >= 11 is 11.6. The summed E-state index contributed by atoms with van der Waals surface area (Å²) in [6.07, 6.45) is 5.81. The molecule has 0 aliphatic rings. The van der Waals surface area contributed by atoms with Crippen LogP contribution in [0.4, 0.5) is 0 Å². The van der Waals surface area contributed by atoms with Gasteiger partial charge in [0.15, 0.2) is 0 Å². The van der Waals surface area contributed by atoms with E-state index in [2.05, 4.69) is 13.8 Å². The summed E-state index contributed by atoms with van der Waals surface area (Å²) in [6.45, 7) is 4.16. The molecule has 0 saturated carbocycles. The van der Waals surface area contributed by atoms with Crippen LogP contribution in [0.3, 0.4) is 0 Å². The summed E-state index contributed by atoms with van der Waals surface area (Å²) in [7, 11) is 0. The second-order valence-corrected chi connectivity index (χ2v) is 3.36. The molecule has 0 spiro atoms. The Morgan fingerprint density at radius 2 is 1.80 bits per heavy atom. The summed E-state index contributed by atoms with van der Waals surface area (Å²) < 4.78 is 0. The molecule has 0 aliphatic heterocycles. The molecule has 0 rings (SSSR count). The van der Waals surface area contributed by atoms with Crippen molar-refractivity contribution >= 4 is 23.2 Å². The lowest BCUT2D eigenvalue weighted by molar-refractivity contribution is 0.647. The maximum atomic E-state index is 6.14. The highest BCUT2D eigenvalue weighted by Crippen LogP contribution is 2.25. The zero-order chi connectivity index (χ0) is 8.04. The Labute approximate surface area is 73.2 Å². The summed E-state index contributed by atoms with van der Waals surface area (Å²) in [4.78, 5) is -0.158. The smallest absolute Gasteiger partial charge is 0.0621 e. The van der Waals surface area contributed by atoms with Crippen molar-refractivity contribution in [2.24, 2.45) is 0 Å². The Kier molecular flexibility index (Phi) is 5.20. The van der Waals surface area contributed by atoms with Crippen LogP contribution >= 0.6 is 23.2 Å². The minimum Gasteiger partial charge on any atom is -0.122 e. The van der Waals surface area contributed by atoms with Gasteiger partial charge in [0.25, 0.3) is 0 Å². The van der Waals surface area contributed by atoms with E-state index in [1.54, 1.807) is 0 Å². The first kappa shape index (κ1) is 10.3. The Morgan fingerprint density at radius 1 is 1.30 bits per heavy atom. The average Bonchev–Trinajstić information content (AvgIpc) is 2.00. The summed E-state index contributed by atoms with van der Waals surface area (Å²) in [5, 5.41) is 0. The van der Waals surface area contributed by atoms with Crippen molar-refractivity contribution in [2.75, 3.05) is 5.88 Å². The maximum Gasteiger partial charge on any atom is 0.0621 e. The van der Waals surface area contributed by atoms with Gasteiger partial charge >= 0.3 is 0 Å². The lowest BCUT2D eigenvalue weighted by Crippen LogP contribution is -2.14. The van der Waals surface area contributed by atoms with Crippen LogP contribution in [0.1, 0.15) is 26.7 Å². The second kappa shape index (κ2) is 5.03. The molecule has 0 amide bonds. The van der Waals surface area contributed by atoms with E-state index in [9.17, 15) is 0 Å². The van der Waals surface area contributed by atoms with E-state index in [4.69, 9.17) is 23.2 Å². The molecule has 0 nitrogen and oxygen atoms in total. The van der Waals surface area contributed by atoms with Crippen molar-refractivity contribution in [1.82, 2.24) is 0 Å². The van der Waals surface area contributed by atoms with Crippen LogP contribution in [-0.4, -0.2) is 10.8 Å². The van der Waals surface area contributed by atoms with Crippen LogP contribution in [0.15, 0.2) is 12.2 Å². The highest BCUT2D eigenvalue weighted by molar-refractivity contribution is 6.25. The highest BCUT2D eigenvalue weighted by Gasteiger charge is 2.17. The quantitative estimate of drug-likeness (QED) is 0.459. The number of rotatable bonds is 4. The van der Waals surface area contributed by atoms with Gasteiger partial charge in [0, 0.05) is 5.88 Å². The predicted molar refractivity (Wildman–Crippen MR) is 49.0 cm³/mol. The molecule has 0 radical (unpaired) electrons. The normalized spacial score (nSPS) is 12.8. The average molecular weight is 181 g/mol. The molecule has 0 bridgehead atoms. The fraction of sp³-hybridized carbons (Fsp3) is 0.750. The zero-order valence-corrected chi connectivity index (χ0v) is 8.04. The summed E-state index contributed by atoms with van der Waals surface area (Å²) in [6, 6.07) is 0. The van der Waals surface area contributed by atoms with Gasteiger partial charge in [0.05, 0.1) is 4.87 Å². The van der Waals surface area contributed by atoms with Gasteiger partial charge in [-0.2, -0.15) is 0 Å². The molecule has 0 atom stereocenters. The van der Waals surface area contributed by atoms with E-state index in [-0.39, 0.29) is 4.87 Å². The first-order valence-corrected chi connectivity index (χ1v) is 4.52. The van der Waals surface area contributed by atoms with Crippen molar-refractivity contribution in [3.63, 3.8) is 0 Å². The first-order chi connectivity index (χ1) is 4.68. The van der Waals surface area contributed by atoms with E-state index in [0.29, 0.717) is 5.88 Å². The summed E-state index contributed by atoms with van der Waals surface area (Å²) in [5.41, 5.74) is 0. The van der Waals surface area contributed by atoms with Gasteiger partial charge < -0.3 is 0 Å². The van der Waals surface area contributed by atoms with Gasteiger partial charge in [-0.25, -0.2) is 0 Å². The Hall–Kier alpha value is 0.320. The Morgan fingerprint density at radius 3 is 2.10 bits per heavy atom. The fourth-order valence-electron chi connectivity index (χ4n) is 0.741. The van der Waals surface area contributed by atoms with Crippen molar-refractivity contribution < 1.29 is 0 Å². The molecule has 0 aromatic rings. The van der Waals surface area contributed by atoms with E-state index in [1.165, 1.54) is 0 Å². The molecule has 0 saturated heterocycles. The predicted octanol–water partition coefficient (Wildman–Crippen LogP) is 3.58. The minimum absolute atomic E-state index is 0.158. The second-order valence-electron chi connectivity index (χ2n) is 2.30. The van der Waals surface area contributed by atoms with Crippen LogP contribution < -0.4 is 0 Å². The molecular weight excluding hydrogens is 167 g/mol. The highest BCUT2D eigenvalue weighted by atomic mass is 35.5. The number of hydrogen-bond acceptors (Lipinski definition) is 0. The standard InChI is InChI=1S/C8H14Cl2/c1-3-8(10,4-2)6-5-7-9/h5-6H,3-4,7H2,1-2H3. The first-order valence-electron chi connectivity index (χ1n) is 3.61. The molecule has 0 aromatic carbocycles. The molecule has 0 aromatic heterocycles.